The normalized spacial score (nSPS) is 10.4. The first-order valence-electron chi connectivity index (χ1n) is 8.49. The summed E-state index contributed by atoms with van der Waals surface area (Å²) in [7, 11) is 0. The zero-order valence-electron chi connectivity index (χ0n) is 14.1. The van der Waals surface area contributed by atoms with Gasteiger partial charge in [-0.15, -0.1) is 0 Å². The van der Waals surface area contributed by atoms with E-state index in [1.165, 1.54) is 25.7 Å². The van der Waals surface area contributed by atoms with Crippen LogP contribution in [0.25, 0.3) is 0 Å². The standard InChI is InChI=1S/C20H24BrNO2/c1-2-3-4-5-8-15-24-17-13-11-16(12-14-17)20(23)22-19-10-7-6-9-18(19)21/h6-7,9-14H,2-5,8,15H2,1H3,(H,22,23). The molecule has 2 aromatic rings. The molecule has 24 heavy (non-hydrogen) atoms. The Balaban J connectivity index is 1.81. The summed E-state index contributed by atoms with van der Waals surface area (Å²) >= 11 is 3.43. The molecule has 128 valence electrons. The van der Waals surface area contributed by atoms with Gasteiger partial charge in [0.15, 0.2) is 0 Å². The van der Waals surface area contributed by atoms with Crippen molar-refractivity contribution >= 4 is 27.5 Å². The van der Waals surface area contributed by atoms with Crippen molar-refractivity contribution in [3.63, 3.8) is 0 Å². The Labute approximate surface area is 152 Å². The topological polar surface area (TPSA) is 38.3 Å². The molecule has 0 saturated heterocycles. The third-order valence-corrected chi connectivity index (χ3v) is 4.45. The number of unbranched alkanes of at least 4 members (excludes halogenated alkanes) is 4. The second-order valence-electron chi connectivity index (χ2n) is 5.72. The number of hydrogen-bond acceptors (Lipinski definition) is 2. The molecule has 1 N–H and O–H groups in total. The lowest BCUT2D eigenvalue weighted by Crippen LogP contribution is -2.12. The molecule has 0 atom stereocenters. The summed E-state index contributed by atoms with van der Waals surface area (Å²) in [6.07, 6.45) is 6.10. The molecular weight excluding hydrogens is 366 g/mol. The maximum Gasteiger partial charge on any atom is 0.255 e. The molecule has 0 radical (unpaired) electrons. The summed E-state index contributed by atoms with van der Waals surface area (Å²) in [5.41, 5.74) is 1.37. The van der Waals surface area contributed by atoms with Gasteiger partial charge >= 0.3 is 0 Å². The zero-order chi connectivity index (χ0) is 17.2. The van der Waals surface area contributed by atoms with Gasteiger partial charge in [-0.05, 0) is 58.7 Å². The lowest BCUT2D eigenvalue weighted by Gasteiger charge is -2.09. The molecule has 4 heteroatoms. The van der Waals surface area contributed by atoms with Crippen LogP contribution in [0.4, 0.5) is 5.69 Å². The number of amides is 1. The van der Waals surface area contributed by atoms with E-state index in [4.69, 9.17) is 4.74 Å². The highest BCUT2D eigenvalue weighted by molar-refractivity contribution is 9.10. The predicted octanol–water partition coefficient (Wildman–Crippen LogP) is 6.05. The van der Waals surface area contributed by atoms with Crippen LogP contribution in [0.15, 0.2) is 53.0 Å². The monoisotopic (exact) mass is 389 g/mol. The highest BCUT2D eigenvalue weighted by Gasteiger charge is 2.08. The minimum absolute atomic E-state index is 0.131. The summed E-state index contributed by atoms with van der Waals surface area (Å²) in [5.74, 6) is 0.677. The molecule has 2 aromatic carbocycles. The van der Waals surface area contributed by atoms with E-state index in [-0.39, 0.29) is 5.91 Å². The average molecular weight is 390 g/mol. The molecule has 1 amide bonds. The van der Waals surface area contributed by atoms with Crippen molar-refractivity contribution in [1.29, 1.82) is 0 Å². The van der Waals surface area contributed by atoms with Gasteiger partial charge in [0, 0.05) is 10.0 Å². The first-order chi connectivity index (χ1) is 11.7. The van der Waals surface area contributed by atoms with Crippen LogP contribution in [-0.4, -0.2) is 12.5 Å². The number of carbonyl (C=O) groups is 1. The SMILES string of the molecule is CCCCCCCOc1ccc(C(=O)Nc2ccccc2Br)cc1. The van der Waals surface area contributed by atoms with Crippen LogP contribution >= 0.6 is 15.9 Å². The zero-order valence-corrected chi connectivity index (χ0v) is 15.6. The van der Waals surface area contributed by atoms with Gasteiger partial charge in [0.05, 0.1) is 12.3 Å². The molecule has 0 fully saturated rings. The highest BCUT2D eigenvalue weighted by Crippen LogP contribution is 2.22. The number of carbonyl (C=O) groups excluding carboxylic acids is 1. The number of halogens is 1. The van der Waals surface area contributed by atoms with Crippen molar-refractivity contribution in [2.24, 2.45) is 0 Å². The molecule has 0 bridgehead atoms. The van der Waals surface area contributed by atoms with Crippen molar-refractivity contribution in [2.75, 3.05) is 11.9 Å². The smallest absolute Gasteiger partial charge is 0.255 e. The molecule has 0 aliphatic carbocycles. The van der Waals surface area contributed by atoms with Crippen molar-refractivity contribution in [1.82, 2.24) is 0 Å². The Morgan fingerprint density at radius 3 is 2.42 bits per heavy atom. The Bertz CT molecular complexity index is 640. The van der Waals surface area contributed by atoms with E-state index in [0.29, 0.717) is 5.56 Å². The van der Waals surface area contributed by atoms with E-state index in [0.717, 1.165) is 28.9 Å². The number of anilines is 1. The lowest BCUT2D eigenvalue weighted by molar-refractivity contribution is 0.102. The molecule has 0 aliphatic heterocycles. The van der Waals surface area contributed by atoms with Crippen molar-refractivity contribution < 1.29 is 9.53 Å². The van der Waals surface area contributed by atoms with Crippen LogP contribution in [0.3, 0.4) is 0 Å². The van der Waals surface area contributed by atoms with E-state index in [1.807, 2.05) is 36.4 Å². The number of hydrogen-bond donors (Lipinski definition) is 1. The number of nitrogens with one attached hydrogen (secondary N) is 1. The Kier molecular flexibility index (Phi) is 7.83. The second-order valence-corrected chi connectivity index (χ2v) is 6.58. The van der Waals surface area contributed by atoms with E-state index in [9.17, 15) is 4.79 Å². The molecular formula is C20H24BrNO2. The van der Waals surface area contributed by atoms with E-state index in [2.05, 4.69) is 28.2 Å². The van der Waals surface area contributed by atoms with Crippen LogP contribution in [0.1, 0.15) is 49.4 Å². The Morgan fingerprint density at radius 1 is 1.00 bits per heavy atom. The Hall–Kier alpha value is -1.81. The van der Waals surface area contributed by atoms with E-state index < -0.39 is 0 Å². The number of para-hydroxylation sites is 1. The molecule has 0 aromatic heterocycles. The summed E-state index contributed by atoms with van der Waals surface area (Å²) in [6, 6.07) is 14.8. The minimum Gasteiger partial charge on any atom is -0.494 e. The maximum atomic E-state index is 12.3. The quantitative estimate of drug-likeness (QED) is 0.529. The average Bonchev–Trinajstić information content (AvgIpc) is 2.60. The van der Waals surface area contributed by atoms with Gasteiger partial charge in [-0.3, -0.25) is 4.79 Å². The summed E-state index contributed by atoms with van der Waals surface area (Å²) in [5, 5.41) is 2.89. The molecule has 0 heterocycles. The van der Waals surface area contributed by atoms with Crippen LogP contribution < -0.4 is 10.1 Å². The van der Waals surface area contributed by atoms with Crippen molar-refractivity contribution in [2.45, 2.75) is 39.0 Å². The highest BCUT2D eigenvalue weighted by atomic mass is 79.9. The largest absolute Gasteiger partial charge is 0.494 e. The minimum atomic E-state index is -0.131. The molecule has 0 unspecified atom stereocenters. The fourth-order valence-corrected chi connectivity index (χ4v) is 2.74. The number of benzene rings is 2. The molecule has 0 saturated carbocycles. The lowest BCUT2D eigenvalue weighted by atomic mass is 10.1. The summed E-state index contributed by atoms with van der Waals surface area (Å²) in [6.45, 7) is 2.94. The van der Waals surface area contributed by atoms with Crippen molar-refractivity contribution in [3.8, 4) is 5.75 Å². The third kappa shape index (κ3) is 6.00. The molecule has 2 rings (SSSR count). The number of rotatable bonds is 9. The summed E-state index contributed by atoms with van der Waals surface area (Å²) < 4.78 is 6.58. The molecule has 0 spiro atoms. The van der Waals surface area contributed by atoms with Crippen molar-refractivity contribution in [3.05, 3.63) is 58.6 Å². The molecule has 3 nitrogen and oxygen atoms in total. The summed E-state index contributed by atoms with van der Waals surface area (Å²) in [4.78, 5) is 12.3. The van der Waals surface area contributed by atoms with Gasteiger partial charge in [0.2, 0.25) is 0 Å². The first kappa shape index (κ1) is 18.5. The second kappa shape index (κ2) is 10.1. The van der Waals surface area contributed by atoms with Crippen LogP contribution in [0.5, 0.6) is 5.75 Å². The van der Waals surface area contributed by atoms with E-state index in [1.54, 1.807) is 12.1 Å². The first-order valence-corrected chi connectivity index (χ1v) is 9.28. The van der Waals surface area contributed by atoms with E-state index >= 15 is 0 Å². The van der Waals surface area contributed by atoms with Gasteiger partial charge in [0.1, 0.15) is 5.75 Å². The van der Waals surface area contributed by atoms with Crippen LogP contribution in [0.2, 0.25) is 0 Å². The van der Waals surface area contributed by atoms with Gasteiger partial charge < -0.3 is 10.1 Å². The van der Waals surface area contributed by atoms with Gasteiger partial charge in [-0.2, -0.15) is 0 Å². The van der Waals surface area contributed by atoms with Gasteiger partial charge in [0.25, 0.3) is 5.91 Å². The van der Waals surface area contributed by atoms with Gasteiger partial charge in [-0.25, -0.2) is 0 Å². The van der Waals surface area contributed by atoms with Gasteiger partial charge in [-0.1, -0.05) is 44.7 Å². The maximum absolute atomic E-state index is 12.3. The number of ether oxygens (including phenoxy) is 1. The predicted molar refractivity (Wildman–Crippen MR) is 103 cm³/mol. The molecule has 0 aliphatic rings. The van der Waals surface area contributed by atoms with Crippen LogP contribution in [-0.2, 0) is 0 Å². The van der Waals surface area contributed by atoms with Crippen LogP contribution in [0, 0.1) is 0 Å². The fourth-order valence-electron chi connectivity index (χ4n) is 2.36. The third-order valence-electron chi connectivity index (χ3n) is 3.76. The Morgan fingerprint density at radius 2 is 1.71 bits per heavy atom. The fraction of sp³-hybridized carbons (Fsp3) is 0.350.